The van der Waals surface area contributed by atoms with E-state index in [1.807, 2.05) is 24.3 Å². The Morgan fingerprint density at radius 1 is 1.24 bits per heavy atom. The molecule has 1 heterocycles. The topological polar surface area (TPSA) is 77.2 Å². The first-order valence-corrected chi connectivity index (χ1v) is 7.16. The molecular weight excluding hydrogens is 266 g/mol. The molecule has 0 atom stereocenters. The van der Waals surface area contributed by atoms with Crippen molar-refractivity contribution in [1.82, 2.24) is 4.98 Å². The summed E-state index contributed by atoms with van der Waals surface area (Å²) in [6, 6.07) is 7.75. The van der Waals surface area contributed by atoms with Gasteiger partial charge in [0.1, 0.15) is 5.82 Å². The summed E-state index contributed by atoms with van der Waals surface area (Å²) in [4.78, 5) is 15.4. The van der Waals surface area contributed by atoms with Crippen LogP contribution in [0.3, 0.4) is 0 Å². The van der Waals surface area contributed by atoms with Crippen LogP contribution in [0.5, 0.6) is 0 Å². The molecule has 0 radical (unpaired) electrons. The Kier molecular flexibility index (Phi) is 5.37. The minimum Gasteiger partial charge on any atom is -0.469 e. The van der Waals surface area contributed by atoms with Crippen LogP contribution in [0.1, 0.15) is 25.7 Å². The van der Waals surface area contributed by atoms with E-state index >= 15 is 0 Å². The van der Waals surface area contributed by atoms with Crippen molar-refractivity contribution in [3.63, 3.8) is 0 Å². The summed E-state index contributed by atoms with van der Waals surface area (Å²) in [5, 5.41) is 5.38. The molecule has 2 aromatic rings. The van der Waals surface area contributed by atoms with Crippen LogP contribution < -0.4 is 11.1 Å². The summed E-state index contributed by atoms with van der Waals surface area (Å²) in [7, 11) is 1.42. The number of nitrogens with zero attached hydrogens (tertiary/aromatic N) is 1. The molecule has 1 aromatic carbocycles. The average Bonchev–Trinajstić information content (AvgIpc) is 2.51. The largest absolute Gasteiger partial charge is 0.469 e. The van der Waals surface area contributed by atoms with E-state index in [9.17, 15) is 4.79 Å². The van der Waals surface area contributed by atoms with Gasteiger partial charge in [0.25, 0.3) is 0 Å². The molecule has 0 aliphatic rings. The second-order valence-electron chi connectivity index (χ2n) is 4.92. The minimum atomic E-state index is -0.144. The molecule has 1 aromatic heterocycles. The highest BCUT2D eigenvalue weighted by Gasteiger charge is 2.04. The van der Waals surface area contributed by atoms with Crippen LogP contribution in [0.2, 0.25) is 0 Å². The molecule has 5 nitrogen and oxygen atoms in total. The van der Waals surface area contributed by atoms with E-state index < -0.39 is 0 Å². The van der Waals surface area contributed by atoms with E-state index in [1.54, 1.807) is 6.20 Å². The van der Waals surface area contributed by atoms with Crippen molar-refractivity contribution in [2.45, 2.75) is 25.7 Å². The Morgan fingerprint density at radius 2 is 2.10 bits per heavy atom. The number of carbonyl (C=O) groups excluding carboxylic acids is 1. The fourth-order valence-corrected chi connectivity index (χ4v) is 2.25. The Bertz CT molecular complexity index is 613. The first-order chi connectivity index (χ1) is 10.2. The van der Waals surface area contributed by atoms with Crippen molar-refractivity contribution in [3.8, 4) is 0 Å². The molecule has 0 fully saturated rings. The zero-order chi connectivity index (χ0) is 15.1. The Morgan fingerprint density at radius 3 is 2.90 bits per heavy atom. The van der Waals surface area contributed by atoms with E-state index in [1.165, 1.54) is 7.11 Å². The zero-order valence-corrected chi connectivity index (χ0v) is 12.3. The lowest BCUT2D eigenvalue weighted by Gasteiger charge is -2.09. The van der Waals surface area contributed by atoms with Crippen molar-refractivity contribution in [2.24, 2.45) is 0 Å². The highest BCUT2D eigenvalue weighted by molar-refractivity contribution is 5.99. The highest BCUT2D eigenvalue weighted by atomic mass is 16.5. The van der Waals surface area contributed by atoms with Gasteiger partial charge in [0.2, 0.25) is 0 Å². The Balaban J connectivity index is 1.84. The van der Waals surface area contributed by atoms with Gasteiger partial charge in [0.05, 0.1) is 7.11 Å². The zero-order valence-electron chi connectivity index (χ0n) is 12.3. The molecule has 21 heavy (non-hydrogen) atoms. The lowest BCUT2D eigenvalue weighted by atomic mass is 10.1. The number of nitrogens with two attached hydrogens (primary N) is 1. The smallest absolute Gasteiger partial charge is 0.305 e. The fraction of sp³-hybridized carbons (Fsp3) is 0.375. The number of hydrogen-bond acceptors (Lipinski definition) is 5. The summed E-state index contributed by atoms with van der Waals surface area (Å²) >= 11 is 0. The molecule has 0 aliphatic carbocycles. The summed E-state index contributed by atoms with van der Waals surface area (Å²) in [6.07, 6.45) is 5.06. The molecule has 0 bridgehead atoms. The van der Waals surface area contributed by atoms with E-state index in [4.69, 9.17) is 5.73 Å². The van der Waals surface area contributed by atoms with Crippen LogP contribution in [0.15, 0.2) is 30.5 Å². The highest BCUT2D eigenvalue weighted by Crippen LogP contribution is 2.25. The third-order valence-electron chi connectivity index (χ3n) is 3.42. The average molecular weight is 287 g/mol. The third-order valence-corrected chi connectivity index (χ3v) is 3.42. The van der Waals surface area contributed by atoms with Crippen molar-refractivity contribution in [2.75, 3.05) is 24.7 Å². The van der Waals surface area contributed by atoms with Crippen LogP contribution in [0.25, 0.3) is 10.8 Å². The van der Waals surface area contributed by atoms with Gasteiger partial charge in [-0.2, -0.15) is 0 Å². The van der Waals surface area contributed by atoms with Crippen LogP contribution >= 0.6 is 0 Å². The van der Waals surface area contributed by atoms with Gasteiger partial charge in [-0.1, -0.05) is 18.6 Å². The van der Waals surface area contributed by atoms with Gasteiger partial charge in [0.15, 0.2) is 0 Å². The monoisotopic (exact) mass is 287 g/mol. The van der Waals surface area contributed by atoms with Gasteiger partial charge in [-0.15, -0.1) is 0 Å². The molecule has 0 saturated carbocycles. The quantitative estimate of drug-likeness (QED) is 0.465. The number of nitrogen functional groups attached to an aromatic ring is 1. The van der Waals surface area contributed by atoms with Crippen molar-refractivity contribution >= 4 is 28.2 Å². The van der Waals surface area contributed by atoms with E-state index in [0.717, 1.165) is 48.1 Å². The number of anilines is 2. The number of pyridine rings is 1. The standard InChI is InChI=1S/C16H21N3O2/c1-21-15(20)8-3-2-4-10-18-16-13-6-5-7-14(17)12(13)9-11-19-16/h5-7,9,11H,2-4,8,10,17H2,1H3,(H,18,19). The Labute approximate surface area is 124 Å². The van der Waals surface area contributed by atoms with Gasteiger partial charge in [-0.25, -0.2) is 4.98 Å². The second kappa shape index (κ2) is 7.47. The Hall–Kier alpha value is -2.30. The fourth-order valence-electron chi connectivity index (χ4n) is 2.25. The molecule has 3 N–H and O–H groups in total. The molecule has 112 valence electrons. The molecule has 0 amide bonds. The molecule has 0 aliphatic heterocycles. The van der Waals surface area contributed by atoms with Crippen LogP contribution in [0, 0.1) is 0 Å². The summed E-state index contributed by atoms with van der Waals surface area (Å²) in [5.74, 6) is 0.710. The molecule has 5 heteroatoms. The summed E-state index contributed by atoms with van der Waals surface area (Å²) in [5.41, 5.74) is 6.72. The molecule has 0 saturated heterocycles. The SMILES string of the molecule is COC(=O)CCCCCNc1nccc2c(N)cccc12. The van der Waals surface area contributed by atoms with Gasteiger partial charge in [-0.05, 0) is 25.0 Å². The number of unbranched alkanes of at least 4 members (excludes halogenated alkanes) is 2. The minimum absolute atomic E-state index is 0.144. The molecule has 0 spiro atoms. The number of nitrogens with one attached hydrogen (secondary N) is 1. The summed E-state index contributed by atoms with van der Waals surface area (Å²) in [6.45, 7) is 0.822. The van der Waals surface area contributed by atoms with Gasteiger partial charge in [-0.3, -0.25) is 4.79 Å². The molecule has 2 rings (SSSR count). The number of ether oxygens (including phenoxy) is 1. The van der Waals surface area contributed by atoms with Crippen LogP contribution in [-0.4, -0.2) is 24.6 Å². The molecular formula is C16H21N3O2. The number of carbonyl (C=O) groups is 1. The predicted molar refractivity (Wildman–Crippen MR) is 85.1 cm³/mol. The van der Waals surface area contributed by atoms with Crippen molar-refractivity contribution in [1.29, 1.82) is 0 Å². The maximum atomic E-state index is 11.0. The number of aromatic nitrogens is 1. The molecule has 0 unspecified atom stereocenters. The lowest BCUT2D eigenvalue weighted by Crippen LogP contribution is -2.05. The lowest BCUT2D eigenvalue weighted by molar-refractivity contribution is -0.140. The predicted octanol–water partition coefficient (Wildman–Crippen LogP) is 2.96. The van der Waals surface area contributed by atoms with Crippen molar-refractivity contribution in [3.05, 3.63) is 30.5 Å². The van der Waals surface area contributed by atoms with Gasteiger partial charge < -0.3 is 15.8 Å². The van der Waals surface area contributed by atoms with Crippen LogP contribution in [0.4, 0.5) is 11.5 Å². The van der Waals surface area contributed by atoms with Crippen molar-refractivity contribution < 1.29 is 9.53 Å². The normalized spacial score (nSPS) is 10.5. The number of benzene rings is 1. The van der Waals surface area contributed by atoms with Crippen LogP contribution in [-0.2, 0) is 9.53 Å². The number of esters is 1. The number of fused-ring (bicyclic) bond motifs is 1. The first kappa shape index (κ1) is 15.1. The maximum absolute atomic E-state index is 11.0. The second-order valence-corrected chi connectivity index (χ2v) is 4.92. The summed E-state index contributed by atoms with van der Waals surface area (Å²) < 4.78 is 4.61. The van der Waals surface area contributed by atoms with Gasteiger partial charge >= 0.3 is 5.97 Å². The third kappa shape index (κ3) is 4.08. The first-order valence-electron chi connectivity index (χ1n) is 7.16. The van der Waals surface area contributed by atoms with E-state index in [2.05, 4.69) is 15.0 Å². The maximum Gasteiger partial charge on any atom is 0.305 e. The number of rotatable bonds is 7. The van der Waals surface area contributed by atoms with E-state index in [0.29, 0.717) is 6.42 Å². The number of methoxy groups -OCH3 is 1. The van der Waals surface area contributed by atoms with E-state index in [-0.39, 0.29) is 5.97 Å². The number of hydrogen-bond donors (Lipinski definition) is 2. The van der Waals surface area contributed by atoms with Gasteiger partial charge in [0, 0.05) is 35.6 Å².